The lowest BCUT2D eigenvalue weighted by atomic mass is 10.1. The molecule has 29 heavy (non-hydrogen) atoms. The fourth-order valence-corrected chi connectivity index (χ4v) is 3.90. The van der Waals surface area contributed by atoms with Crippen molar-refractivity contribution in [2.75, 3.05) is 18.9 Å². The molecular formula is C21H25N3O4S. The minimum Gasteiger partial charge on any atom is -0.349 e. The third-order valence-corrected chi connectivity index (χ3v) is 6.36. The highest BCUT2D eigenvalue weighted by Gasteiger charge is 2.24. The number of rotatable bonds is 8. The molecule has 8 heteroatoms. The number of nitrogens with zero attached hydrogens (tertiary/aromatic N) is 1. The highest BCUT2D eigenvalue weighted by atomic mass is 32.2. The van der Waals surface area contributed by atoms with E-state index in [1.165, 1.54) is 35.6 Å². The van der Waals surface area contributed by atoms with Gasteiger partial charge < -0.3 is 10.6 Å². The first-order chi connectivity index (χ1) is 13.7. The largest absolute Gasteiger partial charge is 0.349 e. The first-order valence-electron chi connectivity index (χ1n) is 9.06. The van der Waals surface area contributed by atoms with Crippen molar-refractivity contribution >= 4 is 27.5 Å². The number of hydrogen-bond acceptors (Lipinski definition) is 4. The lowest BCUT2D eigenvalue weighted by molar-refractivity contribution is 0.0959. The second-order valence-electron chi connectivity index (χ2n) is 6.64. The van der Waals surface area contributed by atoms with Gasteiger partial charge in [-0.15, -0.1) is 6.58 Å². The van der Waals surface area contributed by atoms with E-state index in [2.05, 4.69) is 17.2 Å². The van der Waals surface area contributed by atoms with Crippen LogP contribution < -0.4 is 10.6 Å². The monoisotopic (exact) mass is 415 g/mol. The lowest BCUT2D eigenvalue weighted by Gasteiger charge is -2.21. The third-order valence-electron chi connectivity index (χ3n) is 4.33. The Kier molecular flexibility index (Phi) is 7.30. The molecule has 0 unspecified atom stereocenters. The molecule has 0 aliphatic heterocycles. The quantitative estimate of drug-likeness (QED) is 0.648. The Balaban J connectivity index is 2.30. The van der Waals surface area contributed by atoms with Crippen LogP contribution in [0.5, 0.6) is 0 Å². The second kappa shape index (κ2) is 9.49. The van der Waals surface area contributed by atoms with Gasteiger partial charge in [-0.1, -0.05) is 24.3 Å². The molecule has 0 atom stereocenters. The van der Waals surface area contributed by atoms with Gasteiger partial charge in [0, 0.05) is 25.2 Å². The van der Waals surface area contributed by atoms with Gasteiger partial charge in [0.05, 0.1) is 16.1 Å². The SMILES string of the molecule is C=CCNC(=O)c1ccccc1NC(=O)c1cccc(S(=O)(=O)N(C)C(C)C)c1. The Morgan fingerprint density at radius 2 is 1.79 bits per heavy atom. The summed E-state index contributed by atoms with van der Waals surface area (Å²) in [5.41, 5.74) is 0.794. The van der Waals surface area contributed by atoms with Crippen LogP contribution >= 0.6 is 0 Å². The van der Waals surface area contributed by atoms with Gasteiger partial charge in [0.2, 0.25) is 10.0 Å². The predicted molar refractivity (Wildman–Crippen MR) is 113 cm³/mol. The highest BCUT2D eigenvalue weighted by Crippen LogP contribution is 2.20. The van der Waals surface area contributed by atoms with Gasteiger partial charge in [0.1, 0.15) is 0 Å². The fraction of sp³-hybridized carbons (Fsp3) is 0.238. The number of anilines is 1. The van der Waals surface area contributed by atoms with Crippen LogP contribution in [0.1, 0.15) is 34.6 Å². The summed E-state index contributed by atoms with van der Waals surface area (Å²) in [6.07, 6.45) is 1.55. The van der Waals surface area contributed by atoms with E-state index in [1.54, 1.807) is 44.2 Å². The molecule has 0 aliphatic rings. The Morgan fingerprint density at radius 3 is 2.45 bits per heavy atom. The van der Waals surface area contributed by atoms with Gasteiger partial charge in [-0.25, -0.2) is 8.42 Å². The summed E-state index contributed by atoms with van der Waals surface area (Å²) in [5.74, 6) is -0.867. The molecule has 0 bridgehead atoms. The van der Waals surface area contributed by atoms with Crippen molar-refractivity contribution in [2.45, 2.75) is 24.8 Å². The molecule has 154 valence electrons. The number of carbonyl (C=O) groups excluding carboxylic acids is 2. The van der Waals surface area contributed by atoms with Crippen molar-refractivity contribution in [3.05, 3.63) is 72.3 Å². The van der Waals surface area contributed by atoms with Gasteiger partial charge in [-0.2, -0.15) is 4.31 Å². The average Bonchev–Trinajstić information content (AvgIpc) is 2.71. The van der Waals surface area contributed by atoms with Crippen LogP contribution in [0.4, 0.5) is 5.69 Å². The first kappa shape index (κ1) is 22.3. The van der Waals surface area contributed by atoms with Crippen LogP contribution in [-0.4, -0.2) is 44.2 Å². The topological polar surface area (TPSA) is 95.6 Å². The normalized spacial score (nSPS) is 11.3. The van der Waals surface area contributed by atoms with E-state index in [1.807, 2.05) is 0 Å². The molecule has 2 amide bonds. The molecule has 0 saturated heterocycles. The maximum absolute atomic E-state index is 12.7. The summed E-state index contributed by atoms with van der Waals surface area (Å²) < 4.78 is 26.6. The molecular weight excluding hydrogens is 390 g/mol. The lowest BCUT2D eigenvalue weighted by Crippen LogP contribution is -2.33. The summed E-state index contributed by atoms with van der Waals surface area (Å²) >= 11 is 0. The maximum Gasteiger partial charge on any atom is 0.255 e. The van der Waals surface area contributed by atoms with E-state index in [0.717, 1.165) is 0 Å². The Morgan fingerprint density at radius 1 is 1.10 bits per heavy atom. The molecule has 0 saturated carbocycles. The fourth-order valence-electron chi connectivity index (χ4n) is 2.49. The van der Waals surface area contributed by atoms with Gasteiger partial charge in [-0.3, -0.25) is 9.59 Å². The Hall–Kier alpha value is -2.97. The molecule has 2 aromatic rings. The number of hydrogen-bond donors (Lipinski definition) is 2. The first-order valence-corrected chi connectivity index (χ1v) is 10.5. The number of nitrogens with one attached hydrogen (secondary N) is 2. The van der Waals surface area contributed by atoms with E-state index in [0.29, 0.717) is 17.8 Å². The van der Waals surface area contributed by atoms with Crippen molar-refractivity contribution in [1.29, 1.82) is 0 Å². The van der Waals surface area contributed by atoms with Gasteiger partial charge in [0.15, 0.2) is 0 Å². The molecule has 0 radical (unpaired) electrons. The summed E-state index contributed by atoms with van der Waals surface area (Å²) in [6.45, 7) is 7.38. The molecule has 0 spiro atoms. The van der Waals surface area contributed by atoms with Gasteiger partial charge in [-0.05, 0) is 44.2 Å². The second-order valence-corrected chi connectivity index (χ2v) is 8.64. The number of benzene rings is 2. The van der Waals surface area contributed by atoms with Crippen molar-refractivity contribution in [1.82, 2.24) is 9.62 Å². The van der Waals surface area contributed by atoms with Crippen molar-refractivity contribution < 1.29 is 18.0 Å². The molecule has 2 rings (SSSR count). The van der Waals surface area contributed by atoms with E-state index in [4.69, 9.17) is 0 Å². The summed E-state index contributed by atoms with van der Waals surface area (Å²) in [4.78, 5) is 25.0. The third kappa shape index (κ3) is 5.30. The molecule has 2 N–H and O–H groups in total. The van der Waals surface area contributed by atoms with Crippen LogP contribution in [0.15, 0.2) is 66.1 Å². The Labute approximate surface area is 171 Å². The van der Waals surface area contributed by atoms with Crippen LogP contribution in [0.3, 0.4) is 0 Å². The number of amides is 2. The average molecular weight is 416 g/mol. The maximum atomic E-state index is 12.7. The minimum absolute atomic E-state index is 0.0263. The molecule has 0 aliphatic carbocycles. The van der Waals surface area contributed by atoms with E-state index in [-0.39, 0.29) is 22.4 Å². The van der Waals surface area contributed by atoms with Gasteiger partial charge >= 0.3 is 0 Å². The highest BCUT2D eigenvalue weighted by molar-refractivity contribution is 7.89. The zero-order valence-electron chi connectivity index (χ0n) is 16.7. The van der Waals surface area contributed by atoms with Crippen molar-refractivity contribution in [3.63, 3.8) is 0 Å². The molecule has 0 fully saturated rings. The molecule has 0 aromatic heterocycles. The van der Waals surface area contributed by atoms with Crippen LogP contribution in [0, 0.1) is 0 Å². The van der Waals surface area contributed by atoms with E-state index in [9.17, 15) is 18.0 Å². The number of carbonyl (C=O) groups is 2. The smallest absolute Gasteiger partial charge is 0.255 e. The number of para-hydroxylation sites is 1. The number of sulfonamides is 1. The van der Waals surface area contributed by atoms with Crippen LogP contribution in [-0.2, 0) is 10.0 Å². The van der Waals surface area contributed by atoms with E-state index < -0.39 is 15.9 Å². The summed E-state index contributed by atoms with van der Waals surface area (Å²) in [5, 5.41) is 5.34. The van der Waals surface area contributed by atoms with Crippen molar-refractivity contribution in [2.24, 2.45) is 0 Å². The van der Waals surface area contributed by atoms with E-state index >= 15 is 0 Å². The van der Waals surface area contributed by atoms with Gasteiger partial charge in [0.25, 0.3) is 11.8 Å². The van der Waals surface area contributed by atoms with Crippen LogP contribution in [0.2, 0.25) is 0 Å². The standard InChI is InChI=1S/C21H25N3O4S/c1-5-13-22-21(26)18-11-6-7-12-19(18)23-20(25)16-9-8-10-17(14-16)29(27,28)24(4)15(2)3/h5-12,14-15H,1,13H2,2-4H3,(H,22,26)(H,23,25). The summed E-state index contributed by atoms with van der Waals surface area (Å²) in [7, 11) is -2.23. The molecule has 2 aromatic carbocycles. The zero-order valence-corrected chi connectivity index (χ0v) is 17.5. The molecule has 0 heterocycles. The van der Waals surface area contributed by atoms with Crippen LogP contribution in [0.25, 0.3) is 0 Å². The van der Waals surface area contributed by atoms with Crippen molar-refractivity contribution in [3.8, 4) is 0 Å². The summed E-state index contributed by atoms with van der Waals surface area (Å²) in [6, 6.07) is 12.2. The zero-order chi connectivity index (χ0) is 21.6. The minimum atomic E-state index is -3.72. The Bertz CT molecular complexity index is 1020. The molecule has 7 nitrogen and oxygen atoms in total. The predicted octanol–water partition coefficient (Wildman–Crippen LogP) is 2.88.